The summed E-state index contributed by atoms with van der Waals surface area (Å²) in [5.41, 5.74) is 12.6. The topological polar surface area (TPSA) is 69.1 Å². The van der Waals surface area contributed by atoms with Crippen LogP contribution >= 0.6 is 0 Å². The Bertz CT molecular complexity index is 294. The molecule has 0 saturated heterocycles. The van der Waals surface area contributed by atoms with Gasteiger partial charge in [0.15, 0.2) is 0 Å². The molecule has 1 aromatic rings. The molecule has 0 unspecified atom stereocenters. The number of nitrogen functional groups attached to an aromatic ring is 1. The van der Waals surface area contributed by atoms with Crippen LogP contribution in [0.3, 0.4) is 0 Å². The number of amides is 1. The van der Waals surface area contributed by atoms with Gasteiger partial charge in [-0.05, 0) is 30.7 Å². The maximum absolute atomic E-state index is 10.7. The molecule has 0 atom stereocenters. The Kier molecular flexibility index (Phi) is 1.81. The van der Waals surface area contributed by atoms with Crippen LogP contribution in [0.25, 0.3) is 0 Å². The summed E-state index contributed by atoms with van der Waals surface area (Å²) in [6.45, 7) is 1.80. The van der Waals surface area contributed by atoms with Crippen molar-refractivity contribution in [2.45, 2.75) is 6.92 Å². The van der Waals surface area contributed by atoms with Crippen LogP contribution in [0.4, 0.5) is 5.69 Å². The summed E-state index contributed by atoms with van der Waals surface area (Å²) in [5.74, 6) is -0.414. The van der Waals surface area contributed by atoms with Crippen LogP contribution in [0.5, 0.6) is 0 Å². The van der Waals surface area contributed by atoms with Crippen LogP contribution in [0, 0.1) is 6.92 Å². The first-order valence-electron chi connectivity index (χ1n) is 3.27. The minimum absolute atomic E-state index is 0.414. The Hall–Kier alpha value is -1.51. The standard InChI is InChI=1S/C8H10N2O/c1-5-4-6(9)2-3-7(5)8(10)11/h2-4H,9H2,1H3,(H2,10,11). The van der Waals surface area contributed by atoms with Crippen molar-refractivity contribution in [2.75, 3.05) is 5.73 Å². The van der Waals surface area contributed by atoms with Gasteiger partial charge in [0.1, 0.15) is 0 Å². The first kappa shape index (κ1) is 7.60. The van der Waals surface area contributed by atoms with Gasteiger partial charge in [-0.25, -0.2) is 0 Å². The fourth-order valence-corrected chi connectivity index (χ4v) is 0.963. The number of rotatable bonds is 1. The summed E-state index contributed by atoms with van der Waals surface area (Å²) >= 11 is 0. The van der Waals surface area contributed by atoms with Crippen molar-refractivity contribution in [1.29, 1.82) is 0 Å². The highest BCUT2D eigenvalue weighted by molar-refractivity contribution is 5.94. The lowest BCUT2D eigenvalue weighted by molar-refractivity contribution is 0.1000. The zero-order chi connectivity index (χ0) is 8.43. The van der Waals surface area contributed by atoms with E-state index < -0.39 is 5.91 Å². The van der Waals surface area contributed by atoms with E-state index in [-0.39, 0.29) is 0 Å². The molecular weight excluding hydrogens is 140 g/mol. The molecule has 0 aliphatic rings. The minimum atomic E-state index is -0.414. The SMILES string of the molecule is Cc1cc(N)ccc1C(N)=O. The second kappa shape index (κ2) is 2.62. The van der Waals surface area contributed by atoms with Gasteiger partial charge in [-0.2, -0.15) is 0 Å². The Morgan fingerprint density at radius 1 is 1.45 bits per heavy atom. The third-order valence-corrected chi connectivity index (χ3v) is 1.52. The number of benzene rings is 1. The van der Waals surface area contributed by atoms with Gasteiger partial charge in [0.05, 0.1) is 0 Å². The molecular formula is C8H10N2O. The molecule has 0 aliphatic heterocycles. The van der Waals surface area contributed by atoms with Crippen LogP contribution in [0.2, 0.25) is 0 Å². The zero-order valence-electron chi connectivity index (χ0n) is 6.29. The molecule has 1 aromatic carbocycles. The van der Waals surface area contributed by atoms with E-state index in [0.29, 0.717) is 11.3 Å². The van der Waals surface area contributed by atoms with Crippen LogP contribution in [-0.4, -0.2) is 5.91 Å². The normalized spacial score (nSPS) is 9.55. The highest BCUT2D eigenvalue weighted by Gasteiger charge is 2.02. The van der Waals surface area contributed by atoms with Gasteiger partial charge >= 0.3 is 0 Å². The van der Waals surface area contributed by atoms with Gasteiger partial charge in [-0.1, -0.05) is 0 Å². The number of primary amides is 1. The molecule has 11 heavy (non-hydrogen) atoms. The second-order valence-corrected chi connectivity index (χ2v) is 2.44. The molecule has 3 nitrogen and oxygen atoms in total. The summed E-state index contributed by atoms with van der Waals surface area (Å²) in [6.07, 6.45) is 0. The molecule has 1 amide bonds. The van der Waals surface area contributed by atoms with Crippen LogP contribution in [0.15, 0.2) is 18.2 Å². The quantitative estimate of drug-likeness (QED) is 0.578. The fraction of sp³-hybridized carbons (Fsp3) is 0.125. The van der Waals surface area contributed by atoms with E-state index in [1.807, 2.05) is 0 Å². The summed E-state index contributed by atoms with van der Waals surface area (Å²) in [5, 5.41) is 0. The van der Waals surface area contributed by atoms with Crippen molar-refractivity contribution in [1.82, 2.24) is 0 Å². The number of hydrogen-bond acceptors (Lipinski definition) is 2. The van der Waals surface area contributed by atoms with E-state index in [1.165, 1.54) is 0 Å². The molecule has 0 saturated carbocycles. The molecule has 0 aromatic heterocycles. The Balaban J connectivity index is 3.20. The summed E-state index contributed by atoms with van der Waals surface area (Å²) in [4.78, 5) is 10.7. The van der Waals surface area contributed by atoms with Crippen molar-refractivity contribution >= 4 is 11.6 Å². The van der Waals surface area contributed by atoms with Gasteiger partial charge in [0, 0.05) is 11.3 Å². The number of nitrogens with two attached hydrogens (primary N) is 2. The Morgan fingerprint density at radius 3 is 2.55 bits per heavy atom. The molecule has 58 valence electrons. The number of anilines is 1. The number of carbonyl (C=O) groups is 1. The number of aryl methyl sites for hydroxylation is 1. The average Bonchev–Trinajstić information content (AvgIpc) is 1.85. The first-order chi connectivity index (χ1) is 5.11. The fourth-order valence-electron chi connectivity index (χ4n) is 0.963. The third kappa shape index (κ3) is 1.49. The Morgan fingerprint density at radius 2 is 2.09 bits per heavy atom. The van der Waals surface area contributed by atoms with Crippen molar-refractivity contribution < 1.29 is 4.79 Å². The van der Waals surface area contributed by atoms with Crippen LogP contribution < -0.4 is 11.5 Å². The van der Waals surface area contributed by atoms with Gasteiger partial charge in [-0.3, -0.25) is 4.79 Å². The van der Waals surface area contributed by atoms with E-state index in [9.17, 15) is 4.79 Å². The van der Waals surface area contributed by atoms with Gasteiger partial charge in [0.25, 0.3) is 0 Å². The summed E-state index contributed by atoms with van der Waals surface area (Å²) in [7, 11) is 0. The lowest BCUT2D eigenvalue weighted by atomic mass is 10.1. The van der Waals surface area contributed by atoms with Crippen molar-refractivity contribution in [2.24, 2.45) is 5.73 Å². The largest absolute Gasteiger partial charge is 0.399 e. The van der Waals surface area contributed by atoms with Crippen molar-refractivity contribution in [3.63, 3.8) is 0 Å². The predicted octanol–water partition coefficient (Wildman–Crippen LogP) is 0.676. The molecule has 4 N–H and O–H groups in total. The highest BCUT2D eigenvalue weighted by Crippen LogP contribution is 2.11. The molecule has 0 aliphatic carbocycles. The van der Waals surface area contributed by atoms with E-state index in [0.717, 1.165) is 5.56 Å². The van der Waals surface area contributed by atoms with E-state index in [2.05, 4.69) is 0 Å². The van der Waals surface area contributed by atoms with Gasteiger partial charge < -0.3 is 11.5 Å². The van der Waals surface area contributed by atoms with Crippen LogP contribution in [0.1, 0.15) is 15.9 Å². The number of hydrogen-bond donors (Lipinski definition) is 2. The molecule has 0 bridgehead atoms. The maximum atomic E-state index is 10.7. The van der Waals surface area contributed by atoms with Gasteiger partial charge in [-0.15, -0.1) is 0 Å². The summed E-state index contributed by atoms with van der Waals surface area (Å²) in [6, 6.07) is 5.01. The predicted molar refractivity (Wildman–Crippen MR) is 44.1 cm³/mol. The monoisotopic (exact) mass is 150 g/mol. The third-order valence-electron chi connectivity index (χ3n) is 1.52. The van der Waals surface area contributed by atoms with Crippen molar-refractivity contribution in [3.8, 4) is 0 Å². The summed E-state index contributed by atoms with van der Waals surface area (Å²) < 4.78 is 0. The van der Waals surface area contributed by atoms with Gasteiger partial charge in [0.2, 0.25) is 5.91 Å². The number of carbonyl (C=O) groups excluding carboxylic acids is 1. The van der Waals surface area contributed by atoms with Crippen molar-refractivity contribution in [3.05, 3.63) is 29.3 Å². The maximum Gasteiger partial charge on any atom is 0.248 e. The molecule has 1 rings (SSSR count). The highest BCUT2D eigenvalue weighted by atomic mass is 16.1. The minimum Gasteiger partial charge on any atom is -0.399 e. The second-order valence-electron chi connectivity index (χ2n) is 2.44. The lowest BCUT2D eigenvalue weighted by Crippen LogP contribution is -2.12. The Labute approximate surface area is 65.0 Å². The smallest absolute Gasteiger partial charge is 0.248 e. The zero-order valence-corrected chi connectivity index (χ0v) is 6.29. The average molecular weight is 150 g/mol. The molecule has 3 heteroatoms. The lowest BCUT2D eigenvalue weighted by Gasteiger charge is -2.00. The van der Waals surface area contributed by atoms with Crippen LogP contribution in [-0.2, 0) is 0 Å². The van der Waals surface area contributed by atoms with E-state index in [1.54, 1.807) is 25.1 Å². The molecule has 0 heterocycles. The van der Waals surface area contributed by atoms with E-state index >= 15 is 0 Å². The molecule has 0 radical (unpaired) electrons. The molecule has 0 spiro atoms. The molecule has 0 fully saturated rings. The van der Waals surface area contributed by atoms with E-state index in [4.69, 9.17) is 11.5 Å². The first-order valence-corrected chi connectivity index (χ1v) is 3.27.